The first-order chi connectivity index (χ1) is 7.45. The number of hydrogen-bond donors (Lipinski definition) is 0. The van der Waals surface area contributed by atoms with Crippen molar-refractivity contribution in [3.63, 3.8) is 0 Å². The average molecular weight is 226 g/mol. The summed E-state index contributed by atoms with van der Waals surface area (Å²) >= 11 is 0. The minimum Gasteiger partial charge on any atom is -0.369 e. The molecule has 0 aliphatic carbocycles. The van der Waals surface area contributed by atoms with Crippen molar-refractivity contribution < 1.29 is 9.31 Å². The molecule has 1 aromatic rings. The van der Waals surface area contributed by atoms with Crippen LogP contribution in [0.25, 0.3) is 0 Å². The number of halogens is 1. The molecule has 5 heteroatoms. The van der Waals surface area contributed by atoms with Crippen molar-refractivity contribution in [2.75, 3.05) is 11.4 Å². The lowest BCUT2D eigenvalue weighted by Gasteiger charge is -2.27. The van der Waals surface area contributed by atoms with Crippen LogP contribution >= 0.6 is 0 Å². The zero-order valence-electron chi connectivity index (χ0n) is 9.61. The largest absolute Gasteiger partial charge is 0.369 e. The van der Waals surface area contributed by atoms with E-state index in [1.54, 1.807) is 0 Å². The molecule has 0 aliphatic heterocycles. The van der Waals surface area contributed by atoms with Crippen molar-refractivity contribution in [3.8, 4) is 0 Å². The monoisotopic (exact) mass is 226 g/mol. The van der Waals surface area contributed by atoms with Crippen LogP contribution in [-0.4, -0.2) is 17.5 Å². The topological polar surface area (TPSA) is 46.4 Å². The molecule has 0 bridgehead atoms. The zero-order valence-corrected chi connectivity index (χ0v) is 9.61. The molecule has 0 unspecified atom stereocenters. The second kappa shape index (κ2) is 4.92. The number of non-ortho nitro benzene ring substituents is 1. The van der Waals surface area contributed by atoms with Crippen LogP contribution in [0, 0.1) is 15.9 Å². The van der Waals surface area contributed by atoms with E-state index in [0.29, 0.717) is 12.2 Å². The highest BCUT2D eigenvalue weighted by molar-refractivity contribution is 5.54. The lowest BCUT2D eigenvalue weighted by atomic mass is 10.2. The average Bonchev–Trinajstić information content (AvgIpc) is 2.17. The van der Waals surface area contributed by atoms with Crippen LogP contribution in [0.4, 0.5) is 15.8 Å². The maximum Gasteiger partial charge on any atom is 0.274 e. The number of rotatable bonds is 4. The van der Waals surface area contributed by atoms with Gasteiger partial charge in [0.25, 0.3) is 5.69 Å². The molecule has 0 spiro atoms. The summed E-state index contributed by atoms with van der Waals surface area (Å²) in [6.45, 7) is 6.52. The van der Waals surface area contributed by atoms with E-state index in [-0.39, 0.29) is 11.7 Å². The van der Waals surface area contributed by atoms with E-state index in [4.69, 9.17) is 0 Å². The van der Waals surface area contributed by atoms with Gasteiger partial charge in [-0.05, 0) is 26.8 Å². The highest BCUT2D eigenvalue weighted by Gasteiger charge is 2.15. The Labute approximate surface area is 93.8 Å². The molecule has 16 heavy (non-hydrogen) atoms. The second-order valence-corrected chi connectivity index (χ2v) is 3.80. The molecule has 1 rings (SSSR count). The molecule has 0 aliphatic rings. The van der Waals surface area contributed by atoms with E-state index in [1.807, 2.05) is 25.7 Å². The molecule has 0 saturated carbocycles. The van der Waals surface area contributed by atoms with E-state index in [9.17, 15) is 14.5 Å². The van der Waals surface area contributed by atoms with Gasteiger partial charge in [-0.15, -0.1) is 0 Å². The van der Waals surface area contributed by atoms with Crippen molar-refractivity contribution >= 4 is 11.4 Å². The Bertz CT molecular complexity index is 394. The fourth-order valence-electron chi connectivity index (χ4n) is 1.68. The number of nitro groups is 1. The molecule has 0 amide bonds. The minimum atomic E-state index is -0.583. The Hall–Kier alpha value is -1.65. The molecule has 4 nitrogen and oxygen atoms in total. The highest BCUT2D eigenvalue weighted by atomic mass is 19.1. The van der Waals surface area contributed by atoms with Crippen LogP contribution in [0.3, 0.4) is 0 Å². The SMILES string of the molecule is CCN(c1cc(F)cc([N+](=O)[O-])c1)C(C)C. The molecule has 0 saturated heterocycles. The van der Waals surface area contributed by atoms with Gasteiger partial charge in [-0.25, -0.2) is 4.39 Å². The Balaban J connectivity index is 3.17. The molecule has 0 aromatic heterocycles. The van der Waals surface area contributed by atoms with Crippen LogP contribution in [0.15, 0.2) is 18.2 Å². The maximum atomic E-state index is 13.2. The van der Waals surface area contributed by atoms with Crippen molar-refractivity contribution in [1.82, 2.24) is 0 Å². The molecule has 0 atom stereocenters. The summed E-state index contributed by atoms with van der Waals surface area (Å²) in [6, 6.07) is 3.81. The smallest absolute Gasteiger partial charge is 0.274 e. The number of nitrogens with zero attached hydrogens (tertiary/aromatic N) is 2. The Morgan fingerprint density at radius 1 is 1.44 bits per heavy atom. The number of nitro benzene ring substituents is 1. The van der Waals surface area contributed by atoms with Gasteiger partial charge in [0, 0.05) is 24.3 Å². The first-order valence-electron chi connectivity index (χ1n) is 5.17. The highest BCUT2D eigenvalue weighted by Crippen LogP contribution is 2.24. The van der Waals surface area contributed by atoms with Gasteiger partial charge in [0.05, 0.1) is 11.0 Å². The van der Waals surface area contributed by atoms with Crippen LogP contribution < -0.4 is 4.90 Å². The lowest BCUT2D eigenvalue weighted by Crippen LogP contribution is -2.30. The van der Waals surface area contributed by atoms with Crippen LogP contribution in [0.2, 0.25) is 0 Å². The van der Waals surface area contributed by atoms with E-state index in [2.05, 4.69) is 0 Å². The lowest BCUT2D eigenvalue weighted by molar-refractivity contribution is -0.385. The van der Waals surface area contributed by atoms with Gasteiger partial charge < -0.3 is 4.90 Å². The summed E-state index contributed by atoms with van der Waals surface area (Å²) in [7, 11) is 0. The zero-order chi connectivity index (χ0) is 12.3. The number of benzene rings is 1. The van der Waals surface area contributed by atoms with Crippen LogP contribution in [0.5, 0.6) is 0 Å². The summed E-state index contributed by atoms with van der Waals surface area (Å²) < 4.78 is 13.2. The van der Waals surface area contributed by atoms with E-state index in [1.165, 1.54) is 12.1 Å². The van der Waals surface area contributed by atoms with Gasteiger partial charge in [-0.2, -0.15) is 0 Å². The summed E-state index contributed by atoms with van der Waals surface area (Å²) in [5, 5.41) is 10.6. The molecular formula is C11H15FN2O2. The molecule has 0 fully saturated rings. The van der Waals surface area contributed by atoms with Gasteiger partial charge in [0.15, 0.2) is 0 Å². The Morgan fingerprint density at radius 2 is 2.06 bits per heavy atom. The first-order valence-corrected chi connectivity index (χ1v) is 5.17. The fraction of sp³-hybridized carbons (Fsp3) is 0.455. The third-order valence-corrected chi connectivity index (χ3v) is 2.37. The van der Waals surface area contributed by atoms with E-state index >= 15 is 0 Å². The van der Waals surface area contributed by atoms with Gasteiger partial charge in [-0.1, -0.05) is 0 Å². The summed E-state index contributed by atoms with van der Waals surface area (Å²) in [5.74, 6) is -0.580. The quantitative estimate of drug-likeness (QED) is 0.585. The van der Waals surface area contributed by atoms with Crippen LogP contribution in [0.1, 0.15) is 20.8 Å². The standard InChI is InChI=1S/C11H15FN2O2/c1-4-13(8(2)3)10-5-9(12)6-11(7-10)14(15)16/h5-8H,4H2,1-3H3. The van der Waals surface area contributed by atoms with Crippen molar-refractivity contribution in [2.24, 2.45) is 0 Å². The predicted molar refractivity (Wildman–Crippen MR) is 61.2 cm³/mol. The van der Waals surface area contributed by atoms with Gasteiger partial charge in [-0.3, -0.25) is 10.1 Å². The van der Waals surface area contributed by atoms with E-state index in [0.717, 1.165) is 6.07 Å². The summed E-state index contributed by atoms with van der Waals surface area (Å²) in [4.78, 5) is 11.9. The van der Waals surface area contributed by atoms with Gasteiger partial charge in [0.1, 0.15) is 5.82 Å². The molecule has 0 N–H and O–H groups in total. The minimum absolute atomic E-state index is 0.173. The normalized spacial score (nSPS) is 10.6. The molecular weight excluding hydrogens is 211 g/mol. The maximum absolute atomic E-state index is 13.2. The molecule has 0 radical (unpaired) electrons. The number of anilines is 1. The molecule has 1 aromatic carbocycles. The second-order valence-electron chi connectivity index (χ2n) is 3.80. The van der Waals surface area contributed by atoms with Crippen molar-refractivity contribution in [3.05, 3.63) is 34.1 Å². The van der Waals surface area contributed by atoms with Crippen molar-refractivity contribution in [2.45, 2.75) is 26.8 Å². The van der Waals surface area contributed by atoms with Gasteiger partial charge >= 0.3 is 0 Å². The Kier molecular flexibility index (Phi) is 3.82. The first kappa shape index (κ1) is 12.4. The Morgan fingerprint density at radius 3 is 2.50 bits per heavy atom. The van der Waals surface area contributed by atoms with Crippen LogP contribution in [-0.2, 0) is 0 Å². The third-order valence-electron chi connectivity index (χ3n) is 2.37. The summed E-state index contributed by atoms with van der Waals surface area (Å²) in [6.07, 6.45) is 0. The fourth-order valence-corrected chi connectivity index (χ4v) is 1.68. The third kappa shape index (κ3) is 2.68. The van der Waals surface area contributed by atoms with Gasteiger partial charge in [0.2, 0.25) is 0 Å². The van der Waals surface area contributed by atoms with Crippen molar-refractivity contribution in [1.29, 1.82) is 0 Å². The predicted octanol–water partition coefficient (Wildman–Crippen LogP) is 2.97. The molecule has 0 heterocycles. The summed E-state index contributed by atoms with van der Waals surface area (Å²) in [5.41, 5.74) is 0.332. The molecule has 88 valence electrons. The van der Waals surface area contributed by atoms with E-state index < -0.39 is 10.7 Å². The number of hydrogen-bond acceptors (Lipinski definition) is 3.